The second-order valence-corrected chi connectivity index (χ2v) is 8.00. The van der Waals surface area contributed by atoms with Crippen molar-refractivity contribution in [2.24, 2.45) is 0 Å². The first kappa shape index (κ1) is 21.8. The molecular weight excluding hydrogens is 432 g/mol. The molecule has 4 rings (SSSR count). The van der Waals surface area contributed by atoms with Crippen molar-refractivity contribution in [2.75, 3.05) is 14.2 Å². The lowest BCUT2D eigenvalue weighted by atomic mass is 10.1. The first-order valence-corrected chi connectivity index (χ1v) is 10.8. The Morgan fingerprint density at radius 1 is 0.906 bits per heavy atom. The van der Waals surface area contributed by atoms with Gasteiger partial charge in [-0.05, 0) is 42.3 Å². The molecule has 5 nitrogen and oxygen atoms in total. The fraction of sp³-hybridized carbons (Fsp3) is 0.167. The van der Waals surface area contributed by atoms with Crippen LogP contribution >= 0.6 is 11.8 Å². The molecule has 1 heterocycles. The molecule has 0 fully saturated rings. The van der Waals surface area contributed by atoms with Gasteiger partial charge in [-0.2, -0.15) is 0 Å². The highest BCUT2D eigenvalue weighted by molar-refractivity contribution is 7.98. The van der Waals surface area contributed by atoms with Crippen LogP contribution in [0.3, 0.4) is 0 Å². The van der Waals surface area contributed by atoms with E-state index in [2.05, 4.69) is 10.2 Å². The average Bonchev–Trinajstić information content (AvgIpc) is 3.22. The second kappa shape index (κ2) is 9.40. The lowest BCUT2D eigenvalue weighted by Crippen LogP contribution is -2.02. The number of thioether (sulfide) groups is 1. The van der Waals surface area contributed by atoms with Crippen LogP contribution in [-0.2, 0) is 5.75 Å². The van der Waals surface area contributed by atoms with Crippen LogP contribution in [0.4, 0.5) is 8.78 Å². The first-order valence-electron chi connectivity index (χ1n) is 9.81. The zero-order valence-corrected chi connectivity index (χ0v) is 18.6. The third-order valence-corrected chi connectivity index (χ3v) is 5.95. The van der Waals surface area contributed by atoms with E-state index in [0.717, 1.165) is 22.9 Å². The summed E-state index contributed by atoms with van der Waals surface area (Å²) in [4.78, 5) is 0. The Morgan fingerprint density at radius 3 is 2.28 bits per heavy atom. The maximum absolute atomic E-state index is 14.2. The molecule has 0 aliphatic heterocycles. The van der Waals surface area contributed by atoms with E-state index in [4.69, 9.17) is 9.47 Å². The van der Waals surface area contributed by atoms with Crippen LogP contribution in [0.15, 0.2) is 65.8 Å². The normalized spacial score (nSPS) is 10.9. The van der Waals surface area contributed by atoms with Crippen LogP contribution in [0.1, 0.15) is 11.1 Å². The number of ether oxygens (including phenoxy) is 2. The van der Waals surface area contributed by atoms with Crippen molar-refractivity contribution in [1.82, 2.24) is 14.8 Å². The van der Waals surface area contributed by atoms with E-state index in [9.17, 15) is 8.78 Å². The number of benzene rings is 3. The summed E-state index contributed by atoms with van der Waals surface area (Å²) in [5.41, 5.74) is 3.08. The summed E-state index contributed by atoms with van der Waals surface area (Å²) in [7, 11) is 3.17. The van der Waals surface area contributed by atoms with Crippen LogP contribution < -0.4 is 9.47 Å². The Kier molecular flexibility index (Phi) is 6.41. The molecule has 0 saturated heterocycles. The maximum Gasteiger partial charge on any atom is 0.196 e. The third kappa shape index (κ3) is 4.45. The van der Waals surface area contributed by atoms with Crippen LogP contribution in [0, 0.1) is 18.6 Å². The standard InChI is InChI=1S/C24H21F2N3O2S/c1-15-6-4-5-7-22(15)29-23(17-10-19(30-2)13-20(11-17)31-3)27-28-24(29)32-14-16-8-9-18(25)12-21(16)26/h4-13H,14H2,1-3H3. The van der Waals surface area contributed by atoms with Crippen LogP contribution in [0.5, 0.6) is 11.5 Å². The number of hydrogen-bond acceptors (Lipinski definition) is 5. The number of rotatable bonds is 7. The second-order valence-electron chi connectivity index (χ2n) is 7.05. The number of nitrogens with zero attached hydrogens (tertiary/aromatic N) is 3. The predicted molar refractivity (Wildman–Crippen MR) is 121 cm³/mol. The number of para-hydroxylation sites is 1. The van der Waals surface area contributed by atoms with Gasteiger partial charge in [0, 0.05) is 23.4 Å². The average molecular weight is 454 g/mol. The Morgan fingerprint density at radius 2 is 1.62 bits per heavy atom. The van der Waals surface area contributed by atoms with Gasteiger partial charge >= 0.3 is 0 Å². The van der Waals surface area contributed by atoms with Gasteiger partial charge in [-0.3, -0.25) is 4.57 Å². The Bertz CT molecular complexity index is 1240. The van der Waals surface area contributed by atoms with Gasteiger partial charge in [0.05, 0.1) is 19.9 Å². The van der Waals surface area contributed by atoms with Crippen molar-refractivity contribution in [3.05, 3.63) is 83.4 Å². The summed E-state index contributed by atoms with van der Waals surface area (Å²) < 4.78 is 40.2. The van der Waals surface area contributed by atoms with Crippen LogP contribution in [-0.4, -0.2) is 29.0 Å². The first-order chi connectivity index (χ1) is 15.5. The summed E-state index contributed by atoms with van der Waals surface area (Å²) >= 11 is 1.32. The lowest BCUT2D eigenvalue weighted by molar-refractivity contribution is 0.394. The molecule has 0 bridgehead atoms. The summed E-state index contributed by atoms with van der Waals surface area (Å²) in [6.45, 7) is 2.00. The Hall–Kier alpha value is -3.39. The van der Waals surface area contributed by atoms with Crippen molar-refractivity contribution >= 4 is 11.8 Å². The number of hydrogen-bond donors (Lipinski definition) is 0. The maximum atomic E-state index is 14.2. The van der Waals surface area contributed by atoms with Crippen molar-refractivity contribution in [2.45, 2.75) is 17.8 Å². The molecule has 0 aliphatic carbocycles. The van der Waals surface area contributed by atoms with Gasteiger partial charge < -0.3 is 9.47 Å². The van der Waals surface area contributed by atoms with Gasteiger partial charge in [-0.15, -0.1) is 10.2 Å². The monoisotopic (exact) mass is 453 g/mol. The highest BCUT2D eigenvalue weighted by atomic mass is 32.2. The number of aromatic nitrogens is 3. The summed E-state index contributed by atoms with van der Waals surface area (Å²) in [5, 5.41) is 9.40. The fourth-order valence-electron chi connectivity index (χ4n) is 3.30. The summed E-state index contributed by atoms with van der Waals surface area (Å²) in [5.74, 6) is 0.935. The molecule has 0 unspecified atom stereocenters. The van der Waals surface area contributed by atoms with E-state index in [0.29, 0.717) is 28.0 Å². The predicted octanol–water partition coefficient (Wildman–Crippen LogP) is 5.83. The molecule has 0 N–H and O–H groups in total. The fourth-order valence-corrected chi connectivity index (χ4v) is 4.23. The van der Waals surface area contributed by atoms with E-state index in [1.54, 1.807) is 20.3 Å². The van der Waals surface area contributed by atoms with Gasteiger partial charge in [0.1, 0.15) is 23.1 Å². The number of aryl methyl sites for hydroxylation is 1. The molecule has 0 atom stereocenters. The van der Waals surface area contributed by atoms with Crippen molar-refractivity contribution in [3.63, 3.8) is 0 Å². The largest absolute Gasteiger partial charge is 0.497 e. The van der Waals surface area contributed by atoms with Gasteiger partial charge in [0.25, 0.3) is 0 Å². The van der Waals surface area contributed by atoms with E-state index in [1.165, 1.54) is 23.9 Å². The molecule has 4 aromatic rings. The van der Waals surface area contributed by atoms with Gasteiger partial charge in [0.2, 0.25) is 0 Å². The van der Waals surface area contributed by atoms with Gasteiger partial charge in [-0.1, -0.05) is 36.0 Å². The van der Waals surface area contributed by atoms with Crippen LogP contribution in [0.2, 0.25) is 0 Å². The zero-order chi connectivity index (χ0) is 22.7. The molecule has 32 heavy (non-hydrogen) atoms. The SMILES string of the molecule is COc1cc(OC)cc(-c2nnc(SCc3ccc(F)cc3F)n2-c2ccccc2C)c1. The zero-order valence-electron chi connectivity index (χ0n) is 17.8. The molecule has 0 radical (unpaired) electrons. The minimum absolute atomic E-state index is 0.275. The number of halogens is 2. The van der Waals surface area contributed by atoms with Crippen molar-refractivity contribution in [3.8, 4) is 28.6 Å². The Labute approximate surface area is 189 Å². The molecule has 1 aromatic heterocycles. The van der Waals surface area contributed by atoms with Crippen LogP contribution in [0.25, 0.3) is 17.1 Å². The molecule has 3 aromatic carbocycles. The minimum atomic E-state index is -0.603. The lowest BCUT2D eigenvalue weighted by Gasteiger charge is -2.14. The molecule has 0 saturated carbocycles. The molecule has 0 amide bonds. The summed E-state index contributed by atoms with van der Waals surface area (Å²) in [6.07, 6.45) is 0. The van der Waals surface area contributed by atoms with Crippen molar-refractivity contribution in [1.29, 1.82) is 0 Å². The van der Waals surface area contributed by atoms with E-state index in [-0.39, 0.29) is 5.75 Å². The topological polar surface area (TPSA) is 49.2 Å². The van der Waals surface area contributed by atoms with E-state index in [1.807, 2.05) is 47.9 Å². The van der Waals surface area contributed by atoms with Gasteiger partial charge in [-0.25, -0.2) is 8.78 Å². The minimum Gasteiger partial charge on any atom is -0.497 e. The van der Waals surface area contributed by atoms with Gasteiger partial charge in [0.15, 0.2) is 11.0 Å². The smallest absolute Gasteiger partial charge is 0.196 e. The molecule has 0 spiro atoms. The third-order valence-electron chi connectivity index (χ3n) is 4.97. The molecular formula is C24H21F2N3O2S. The summed E-state index contributed by atoms with van der Waals surface area (Å²) in [6, 6.07) is 16.9. The van der Waals surface area contributed by atoms with E-state index >= 15 is 0 Å². The quantitative estimate of drug-likeness (QED) is 0.330. The molecule has 164 valence electrons. The molecule has 0 aliphatic rings. The number of methoxy groups -OCH3 is 2. The molecule has 8 heteroatoms. The highest BCUT2D eigenvalue weighted by Gasteiger charge is 2.19. The highest BCUT2D eigenvalue weighted by Crippen LogP contribution is 2.34. The van der Waals surface area contributed by atoms with Crippen molar-refractivity contribution < 1.29 is 18.3 Å². The van der Waals surface area contributed by atoms with E-state index < -0.39 is 11.6 Å². The Balaban J connectivity index is 1.80.